The molecule has 2 aromatic carbocycles. The van der Waals surface area contributed by atoms with Crippen molar-refractivity contribution in [3.63, 3.8) is 0 Å². The second kappa shape index (κ2) is 8.51. The molecule has 29 heavy (non-hydrogen) atoms. The molecule has 2 N–H and O–H groups in total. The van der Waals surface area contributed by atoms with Crippen LogP contribution in [0.25, 0.3) is 10.9 Å². The monoisotopic (exact) mass is 432 g/mol. The van der Waals surface area contributed by atoms with Crippen molar-refractivity contribution >= 4 is 44.3 Å². The predicted molar refractivity (Wildman–Crippen MR) is 117 cm³/mol. The van der Waals surface area contributed by atoms with Crippen LogP contribution >= 0.6 is 11.8 Å². The highest BCUT2D eigenvalue weighted by atomic mass is 32.2. The molecule has 0 aliphatic heterocycles. The number of anilines is 1. The third kappa shape index (κ3) is 4.94. The van der Waals surface area contributed by atoms with E-state index in [1.54, 1.807) is 34.5 Å². The molecular weight excluding hydrogens is 408 g/mol. The summed E-state index contributed by atoms with van der Waals surface area (Å²) in [6.07, 6.45) is 3.09. The van der Waals surface area contributed by atoms with Gasteiger partial charge in [-0.15, -0.1) is 0 Å². The lowest BCUT2D eigenvalue weighted by molar-refractivity contribution is -0.137. The van der Waals surface area contributed by atoms with E-state index >= 15 is 0 Å². The number of hydrogen-bond donors (Lipinski definition) is 2. The van der Waals surface area contributed by atoms with Gasteiger partial charge in [0.2, 0.25) is 10.0 Å². The van der Waals surface area contributed by atoms with Gasteiger partial charge < -0.3 is 9.67 Å². The number of aliphatic carboxylic acids is 1. The first-order valence-corrected chi connectivity index (χ1v) is 12.0. The fourth-order valence-electron chi connectivity index (χ4n) is 3.39. The minimum Gasteiger partial charge on any atom is -0.480 e. The zero-order valence-corrected chi connectivity index (χ0v) is 18.2. The summed E-state index contributed by atoms with van der Waals surface area (Å²) in [5, 5.41) is 10.2. The van der Waals surface area contributed by atoms with Crippen LogP contribution in [0, 0.1) is 6.92 Å². The number of fused-ring (bicyclic) bond motifs is 1. The van der Waals surface area contributed by atoms with Crippen molar-refractivity contribution in [1.82, 2.24) is 4.57 Å². The minimum absolute atomic E-state index is 0.154. The highest BCUT2D eigenvalue weighted by molar-refractivity contribution is 7.99. The molecule has 0 aliphatic rings. The second-order valence-electron chi connectivity index (χ2n) is 6.96. The van der Waals surface area contributed by atoms with Crippen molar-refractivity contribution in [2.75, 3.05) is 11.0 Å². The lowest BCUT2D eigenvalue weighted by Crippen LogP contribution is -2.10. The maximum atomic E-state index is 11.6. The van der Waals surface area contributed by atoms with Crippen molar-refractivity contribution in [2.24, 2.45) is 0 Å². The van der Waals surface area contributed by atoms with E-state index in [-0.39, 0.29) is 6.54 Å². The van der Waals surface area contributed by atoms with Crippen LogP contribution in [0.4, 0.5) is 5.69 Å². The summed E-state index contributed by atoms with van der Waals surface area (Å²) in [4.78, 5) is 13.5. The standard InChI is InChI=1S/C21H24N2O4S2/c1-4-7-15-8-5-6-9-19(15)28-21-14(2)23(13-20(24)25)18-11-10-16(12-17(18)21)22-29(3,26)27/h5-6,8-12,22H,4,7,13H2,1-3H3,(H,24,25). The van der Waals surface area contributed by atoms with Crippen LogP contribution in [0.1, 0.15) is 24.6 Å². The first kappa shape index (κ1) is 21.3. The van der Waals surface area contributed by atoms with Crippen LogP contribution in [-0.4, -0.2) is 30.3 Å². The number of carboxylic acid groups (broad SMARTS) is 1. The SMILES string of the molecule is CCCc1ccccc1Sc1c(C)n(CC(=O)O)c2ccc(NS(C)(=O)=O)cc12. The summed E-state index contributed by atoms with van der Waals surface area (Å²) in [7, 11) is -3.41. The van der Waals surface area contributed by atoms with Crippen LogP contribution in [0.15, 0.2) is 52.3 Å². The normalized spacial score (nSPS) is 11.7. The van der Waals surface area contributed by atoms with E-state index in [1.165, 1.54) is 5.56 Å². The van der Waals surface area contributed by atoms with Crippen molar-refractivity contribution in [3.05, 3.63) is 53.7 Å². The highest BCUT2D eigenvalue weighted by Gasteiger charge is 2.19. The van der Waals surface area contributed by atoms with E-state index in [9.17, 15) is 18.3 Å². The molecular formula is C21H24N2O4S2. The summed E-state index contributed by atoms with van der Waals surface area (Å²) >= 11 is 1.59. The predicted octanol–water partition coefficient (Wildman–Crippen LogP) is 4.51. The number of carboxylic acids is 1. The number of carbonyl (C=O) groups is 1. The van der Waals surface area contributed by atoms with E-state index < -0.39 is 16.0 Å². The van der Waals surface area contributed by atoms with E-state index in [1.807, 2.05) is 19.1 Å². The van der Waals surface area contributed by atoms with Crippen molar-refractivity contribution in [2.45, 2.75) is 43.0 Å². The van der Waals surface area contributed by atoms with Gasteiger partial charge in [-0.25, -0.2) is 8.42 Å². The molecule has 1 aromatic heterocycles. The summed E-state index contributed by atoms with van der Waals surface area (Å²) in [5.41, 5.74) is 3.30. The molecule has 3 aromatic rings. The van der Waals surface area contributed by atoms with E-state index in [4.69, 9.17) is 0 Å². The molecule has 0 radical (unpaired) electrons. The summed E-state index contributed by atoms with van der Waals surface area (Å²) in [5.74, 6) is -0.925. The summed E-state index contributed by atoms with van der Waals surface area (Å²) in [6, 6.07) is 13.4. The van der Waals surface area contributed by atoms with Crippen molar-refractivity contribution < 1.29 is 18.3 Å². The van der Waals surface area contributed by atoms with Gasteiger partial charge in [0, 0.05) is 26.6 Å². The number of aromatic nitrogens is 1. The second-order valence-corrected chi connectivity index (χ2v) is 9.76. The van der Waals surface area contributed by atoms with Gasteiger partial charge in [-0.05, 0) is 43.2 Å². The summed E-state index contributed by atoms with van der Waals surface area (Å²) < 4.78 is 27.6. The molecule has 0 bridgehead atoms. The fraction of sp³-hybridized carbons (Fsp3) is 0.286. The maximum absolute atomic E-state index is 11.6. The van der Waals surface area contributed by atoms with Crippen molar-refractivity contribution in [1.29, 1.82) is 0 Å². The number of hydrogen-bond acceptors (Lipinski definition) is 4. The number of benzene rings is 2. The Morgan fingerprint density at radius 2 is 1.93 bits per heavy atom. The van der Waals surface area contributed by atoms with Gasteiger partial charge in [0.15, 0.2) is 0 Å². The average molecular weight is 433 g/mol. The Morgan fingerprint density at radius 3 is 2.59 bits per heavy atom. The van der Waals surface area contributed by atoms with Crippen LogP contribution in [0.2, 0.25) is 0 Å². The lowest BCUT2D eigenvalue weighted by Gasteiger charge is -2.09. The van der Waals surface area contributed by atoms with Gasteiger partial charge >= 0.3 is 5.97 Å². The molecule has 6 nitrogen and oxygen atoms in total. The molecule has 0 atom stereocenters. The minimum atomic E-state index is -3.41. The number of aryl methyl sites for hydroxylation is 1. The zero-order valence-electron chi connectivity index (χ0n) is 16.6. The van der Waals surface area contributed by atoms with Gasteiger partial charge in [0.1, 0.15) is 6.54 Å². The fourth-order valence-corrected chi connectivity index (χ4v) is 5.14. The van der Waals surface area contributed by atoms with Crippen LogP contribution < -0.4 is 4.72 Å². The molecule has 0 saturated carbocycles. The van der Waals surface area contributed by atoms with Gasteiger partial charge in [-0.2, -0.15) is 0 Å². The molecule has 1 heterocycles. The van der Waals surface area contributed by atoms with Crippen LogP contribution in [0.5, 0.6) is 0 Å². The number of nitrogens with zero attached hydrogens (tertiary/aromatic N) is 1. The largest absolute Gasteiger partial charge is 0.480 e. The maximum Gasteiger partial charge on any atom is 0.323 e. The molecule has 0 spiro atoms. The smallest absolute Gasteiger partial charge is 0.323 e. The van der Waals surface area contributed by atoms with E-state index in [0.29, 0.717) is 5.69 Å². The number of sulfonamides is 1. The van der Waals surface area contributed by atoms with Crippen LogP contribution in [-0.2, 0) is 27.8 Å². The van der Waals surface area contributed by atoms with Gasteiger partial charge in [0.25, 0.3) is 0 Å². The third-order valence-corrected chi connectivity index (χ3v) is 6.51. The Hall–Kier alpha value is -2.45. The highest BCUT2D eigenvalue weighted by Crippen LogP contribution is 2.40. The lowest BCUT2D eigenvalue weighted by atomic mass is 10.1. The van der Waals surface area contributed by atoms with Gasteiger partial charge in [-0.1, -0.05) is 43.3 Å². The quantitative estimate of drug-likeness (QED) is 0.547. The molecule has 154 valence electrons. The van der Waals surface area contributed by atoms with Crippen LogP contribution in [0.3, 0.4) is 0 Å². The Balaban J connectivity index is 2.17. The third-order valence-electron chi connectivity index (χ3n) is 4.57. The average Bonchev–Trinajstić information content (AvgIpc) is 2.87. The molecule has 8 heteroatoms. The Morgan fingerprint density at radius 1 is 1.21 bits per heavy atom. The number of rotatable bonds is 8. The number of nitrogens with one attached hydrogen (secondary N) is 1. The zero-order chi connectivity index (χ0) is 21.2. The molecule has 0 saturated heterocycles. The molecule has 0 amide bonds. The molecule has 3 rings (SSSR count). The van der Waals surface area contributed by atoms with E-state index in [0.717, 1.165) is 45.5 Å². The first-order chi connectivity index (χ1) is 13.7. The van der Waals surface area contributed by atoms with E-state index in [2.05, 4.69) is 23.8 Å². The molecule has 0 fully saturated rings. The molecule has 0 unspecified atom stereocenters. The Kier molecular flexibility index (Phi) is 6.24. The topological polar surface area (TPSA) is 88.4 Å². The molecule has 0 aliphatic carbocycles. The van der Waals surface area contributed by atoms with Crippen molar-refractivity contribution in [3.8, 4) is 0 Å². The van der Waals surface area contributed by atoms with Gasteiger partial charge in [-0.3, -0.25) is 9.52 Å². The first-order valence-electron chi connectivity index (χ1n) is 9.27. The van der Waals surface area contributed by atoms with Gasteiger partial charge in [0.05, 0.1) is 11.8 Å². The Labute approximate surface area is 175 Å². The Bertz CT molecular complexity index is 1170. The summed E-state index contributed by atoms with van der Waals surface area (Å²) in [6.45, 7) is 3.88.